The number of hydrogen-bond donors (Lipinski definition) is 4. The van der Waals surface area contributed by atoms with Gasteiger partial charge in [0.05, 0.1) is 39.9 Å². The molecule has 41 heavy (non-hydrogen) atoms. The molecule has 2 amide bonds. The Labute approximate surface area is 242 Å². The van der Waals surface area contributed by atoms with Crippen molar-refractivity contribution in [1.29, 1.82) is 0 Å². The van der Waals surface area contributed by atoms with E-state index >= 15 is 0 Å². The highest BCUT2D eigenvalue weighted by Crippen LogP contribution is 2.69. The molecule has 2 aromatic carbocycles. The van der Waals surface area contributed by atoms with Crippen LogP contribution in [0.25, 0.3) is 0 Å². The molecule has 0 radical (unpaired) electrons. The second-order valence-corrected chi connectivity index (χ2v) is 13.4. The van der Waals surface area contributed by atoms with Crippen LogP contribution < -0.4 is 24.8 Å². The topological polar surface area (TPSA) is 143 Å². The van der Waals surface area contributed by atoms with Gasteiger partial charge in [-0.1, -0.05) is 13.8 Å². The van der Waals surface area contributed by atoms with Gasteiger partial charge in [0.25, 0.3) is 0 Å². The quantitative estimate of drug-likeness (QED) is 0.241. The van der Waals surface area contributed by atoms with Gasteiger partial charge in [-0.05, 0) is 39.6 Å². The molecule has 0 atom stereocenters. The highest BCUT2D eigenvalue weighted by Gasteiger charge is 2.45. The normalized spacial score (nSPS) is 14.9. The predicted molar refractivity (Wildman–Crippen MR) is 149 cm³/mol. The number of halogens is 4. The Bertz CT molecular complexity index is 1480. The second-order valence-electron chi connectivity index (χ2n) is 8.32. The summed E-state index contributed by atoms with van der Waals surface area (Å²) in [4.78, 5) is 37.1. The summed E-state index contributed by atoms with van der Waals surface area (Å²) in [6, 6.07) is 2.95. The first kappa shape index (κ1) is 31.7. The Morgan fingerprint density at radius 2 is 1.49 bits per heavy atom. The second kappa shape index (κ2) is 12.8. The third-order valence-corrected chi connectivity index (χ3v) is 12.5. The number of carboxylic acids is 2. The van der Waals surface area contributed by atoms with Crippen LogP contribution in [0.4, 0.5) is 23.7 Å². The van der Waals surface area contributed by atoms with Gasteiger partial charge in [0.1, 0.15) is 17.9 Å². The van der Waals surface area contributed by atoms with E-state index in [1.165, 1.54) is 20.3 Å². The number of benzene rings is 2. The molecule has 1 aliphatic rings. The minimum absolute atomic E-state index is 0.000102. The summed E-state index contributed by atoms with van der Waals surface area (Å²) < 4.78 is 58.9. The minimum Gasteiger partial charge on any atom is -0.496 e. The van der Waals surface area contributed by atoms with Crippen molar-refractivity contribution < 1.29 is 52.0 Å². The maximum atomic E-state index is 14.9. The number of carboxylic acid groups (broad SMARTS) is 2. The maximum absolute atomic E-state index is 14.9. The smallest absolute Gasteiger partial charge is 0.339 e. The molecule has 0 aliphatic carbocycles. The Balaban J connectivity index is 1.95. The number of rotatable bonds is 11. The number of methoxy groups -OCH3 is 2. The molecule has 15 heteroatoms. The van der Waals surface area contributed by atoms with Gasteiger partial charge in [0, 0.05) is 12.1 Å². The van der Waals surface area contributed by atoms with Crippen LogP contribution >= 0.6 is 26.0 Å². The summed E-state index contributed by atoms with van der Waals surface area (Å²) in [5, 5.41) is 24.1. The summed E-state index contributed by atoms with van der Waals surface area (Å²) in [6.45, 7) is 2.91. The first-order valence-electron chi connectivity index (χ1n) is 11.9. The van der Waals surface area contributed by atoms with Crippen molar-refractivity contribution in [1.82, 2.24) is 5.32 Å². The third-order valence-electron chi connectivity index (χ3n) is 6.29. The van der Waals surface area contributed by atoms with Crippen LogP contribution in [0.2, 0.25) is 0 Å². The molecule has 0 bridgehead atoms. The highest BCUT2D eigenvalue weighted by molar-refractivity contribution is 9.15. The first-order chi connectivity index (χ1) is 19.4. The molecule has 1 heterocycles. The lowest BCUT2D eigenvalue weighted by Crippen LogP contribution is -2.32. The van der Waals surface area contributed by atoms with Crippen molar-refractivity contribution in [3.05, 3.63) is 67.3 Å². The van der Waals surface area contributed by atoms with Gasteiger partial charge in [-0.15, -0.1) is 0 Å². The number of ether oxygens (including phenoxy) is 3. The van der Waals surface area contributed by atoms with Gasteiger partial charge >= 0.3 is 18.0 Å². The van der Waals surface area contributed by atoms with E-state index in [2.05, 4.69) is 26.6 Å². The van der Waals surface area contributed by atoms with Crippen molar-refractivity contribution in [3.63, 3.8) is 0 Å². The molecular formula is C26H26BrF3N2O8S. The monoisotopic (exact) mass is 662 g/mol. The van der Waals surface area contributed by atoms with Crippen molar-refractivity contribution in [2.75, 3.05) is 31.0 Å². The lowest BCUT2D eigenvalue weighted by atomic mass is 10.1. The standard InChI is InChI=1S/C26H26BrF3N2O8S/c1-5-41(6-2)22(27)19(24(33)34)20(25(35)36)23(41)32-26(37)31-15-10-18(17(39-4)9-14(15)29)40-11-12-16(38-3)8-7-13(28)21(12)30/h7-10H,5-6,11H2,1-4H3,(H,33,34)(H,35,36)(H2,31,32,37). The molecule has 0 saturated carbocycles. The van der Waals surface area contributed by atoms with Gasteiger partial charge in [0.2, 0.25) is 0 Å². The van der Waals surface area contributed by atoms with Crippen molar-refractivity contribution in [2.24, 2.45) is 0 Å². The van der Waals surface area contributed by atoms with E-state index in [0.29, 0.717) is 11.5 Å². The van der Waals surface area contributed by atoms with Gasteiger partial charge in [0.15, 0.2) is 29.0 Å². The number of carbonyl (C=O) groups is 3. The van der Waals surface area contributed by atoms with E-state index in [4.69, 9.17) is 14.2 Å². The number of urea groups is 1. The average Bonchev–Trinajstić information content (AvgIpc) is 3.18. The van der Waals surface area contributed by atoms with Crippen LogP contribution in [-0.4, -0.2) is 53.9 Å². The first-order valence-corrected chi connectivity index (χ1v) is 14.6. The molecule has 1 aliphatic heterocycles. The zero-order chi connectivity index (χ0) is 30.6. The van der Waals surface area contributed by atoms with E-state index in [1.54, 1.807) is 13.8 Å². The fourth-order valence-electron chi connectivity index (χ4n) is 4.20. The van der Waals surface area contributed by atoms with Crippen molar-refractivity contribution >= 4 is 49.6 Å². The molecule has 3 rings (SSSR count). The van der Waals surface area contributed by atoms with E-state index in [-0.39, 0.29) is 31.7 Å². The predicted octanol–water partition coefficient (Wildman–Crippen LogP) is 5.67. The van der Waals surface area contributed by atoms with Crippen LogP contribution in [0.5, 0.6) is 17.2 Å². The summed E-state index contributed by atoms with van der Waals surface area (Å²) in [5.74, 6) is -6.02. The van der Waals surface area contributed by atoms with Crippen molar-refractivity contribution in [2.45, 2.75) is 20.5 Å². The molecule has 0 aromatic heterocycles. The molecule has 0 saturated heterocycles. The number of nitrogens with one attached hydrogen (secondary N) is 2. The number of aliphatic carboxylic acids is 2. The molecule has 0 spiro atoms. The summed E-state index contributed by atoms with van der Waals surface area (Å²) in [6.07, 6.45) is 0. The Morgan fingerprint density at radius 3 is 2.02 bits per heavy atom. The molecular weight excluding hydrogens is 637 g/mol. The van der Waals surface area contributed by atoms with Gasteiger partial charge in [-0.3, -0.25) is 0 Å². The van der Waals surface area contributed by atoms with Crippen LogP contribution in [0.15, 0.2) is 44.3 Å². The van der Waals surface area contributed by atoms with Crippen LogP contribution in [-0.2, 0) is 16.2 Å². The Hall–Kier alpha value is -3.85. The lowest BCUT2D eigenvalue weighted by molar-refractivity contribution is -0.136. The number of carbonyl (C=O) groups excluding carboxylic acids is 1. The molecule has 0 unspecified atom stereocenters. The zero-order valence-electron chi connectivity index (χ0n) is 22.2. The summed E-state index contributed by atoms with van der Waals surface area (Å²) in [7, 11) is 0.183. The average molecular weight is 663 g/mol. The van der Waals surface area contributed by atoms with E-state index in [1.807, 2.05) is 0 Å². The van der Waals surface area contributed by atoms with E-state index in [0.717, 1.165) is 18.2 Å². The van der Waals surface area contributed by atoms with Crippen LogP contribution in [0.3, 0.4) is 0 Å². The number of anilines is 1. The lowest BCUT2D eigenvalue weighted by Gasteiger charge is -2.37. The van der Waals surface area contributed by atoms with Gasteiger partial charge in [-0.25, -0.2) is 27.6 Å². The van der Waals surface area contributed by atoms with Gasteiger partial charge in [-0.2, -0.15) is 10.0 Å². The molecule has 0 fully saturated rings. The van der Waals surface area contributed by atoms with Gasteiger partial charge < -0.3 is 35.1 Å². The Morgan fingerprint density at radius 1 is 0.878 bits per heavy atom. The Kier molecular flexibility index (Phi) is 9.86. The van der Waals surface area contributed by atoms with E-state index in [9.17, 15) is 37.8 Å². The highest BCUT2D eigenvalue weighted by atomic mass is 79.9. The van der Waals surface area contributed by atoms with Crippen molar-refractivity contribution in [3.8, 4) is 17.2 Å². The minimum atomic E-state index is -2.29. The summed E-state index contributed by atoms with van der Waals surface area (Å²) >= 11 is 3.26. The third kappa shape index (κ3) is 5.95. The maximum Gasteiger partial charge on any atom is 0.339 e. The number of hydrogen-bond acceptors (Lipinski definition) is 6. The van der Waals surface area contributed by atoms with Crippen LogP contribution in [0, 0.1) is 17.5 Å². The largest absolute Gasteiger partial charge is 0.496 e. The number of amides is 2. The zero-order valence-corrected chi connectivity index (χ0v) is 24.6. The SMILES string of the molecule is CCS1(CC)C(Br)=C(C(=O)O)C(C(=O)O)=C1NC(=O)Nc1cc(OCc2c(OC)ccc(F)c2F)c(OC)cc1F. The van der Waals surface area contributed by atoms with E-state index < -0.39 is 68.9 Å². The fraction of sp³-hybridized carbons (Fsp3) is 0.269. The summed E-state index contributed by atoms with van der Waals surface area (Å²) in [5.41, 5.74) is -1.74. The molecule has 2 aromatic rings. The molecule has 4 N–H and O–H groups in total. The van der Waals surface area contributed by atoms with Crippen LogP contribution in [0.1, 0.15) is 19.4 Å². The fourth-order valence-corrected chi connectivity index (χ4v) is 9.55. The molecule has 222 valence electrons. The molecule has 10 nitrogen and oxygen atoms in total.